The summed E-state index contributed by atoms with van der Waals surface area (Å²) in [4.78, 5) is 48.5. The molecule has 3 amide bonds. The lowest BCUT2D eigenvalue weighted by Crippen LogP contribution is -2.48. The van der Waals surface area contributed by atoms with Gasteiger partial charge in [0.25, 0.3) is 11.8 Å². The van der Waals surface area contributed by atoms with Crippen molar-refractivity contribution < 1.29 is 19.1 Å². The Kier molecular flexibility index (Phi) is 7.16. The second-order valence-electron chi connectivity index (χ2n) is 8.46. The Morgan fingerprint density at radius 1 is 0.970 bits per heavy atom. The SMILES string of the molecule is COc1ccccc1C(=O)Nc1nccnc1C(=O)NC1CCN(C(=O)C2CCCC2)CC1. The molecule has 2 fully saturated rings. The highest BCUT2D eigenvalue weighted by molar-refractivity contribution is 6.08. The Morgan fingerprint density at radius 3 is 2.39 bits per heavy atom. The smallest absolute Gasteiger partial charge is 0.273 e. The first kappa shape index (κ1) is 22.7. The first-order chi connectivity index (χ1) is 16.1. The maximum Gasteiger partial charge on any atom is 0.273 e. The number of methoxy groups -OCH3 is 1. The molecule has 0 radical (unpaired) electrons. The Balaban J connectivity index is 1.36. The molecule has 1 aliphatic heterocycles. The number of ether oxygens (including phenoxy) is 1. The van der Waals surface area contributed by atoms with E-state index in [1.165, 1.54) is 19.5 Å². The molecule has 1 aromatic heterocycles. The molecule has 2 aromatic rings. The van der Waals surface area contributed by atoms with Crippen LogP contribution in [0.3, 0.4) is 0 Å². The second kappa shape index (κ2) is 10.4. The first-order valence-electron chi connectivity index (χ1n) is 11.4. The molecule has 174 valence electrons. The molecule has 4 rings (SSSR count). The van der Waals surface area contributed by atoms with E-state index in [1.807, 2.05) is 4.90 Å². The van der Waals surface area contributed by atoms with Crippen molar-refractivity contribution in [3.63, 3.8) is 0 Å². The summed E-state index contributed by atoms with van der Waals surface area (Å²) in [5, 5.41) is 5.65. The molecule has 0 atom stereocenters. The summed E-state index contributed by atoms with van der Waals surface area (Å²) in [7, 11) is 1.49. The zero-order valence-electron chi connectivity index (χ0n) is 18.8. The van der Waals surface area contributed by atoms with Crippen molar-refractivity contribution in [3.05, 3.63) is 47.9 Å². The molecule has 1 saturated carbocycles. The van der Waals surface area contributed by atoms with Crippen LogP contribution < -0.4 is 15.4 Å². The maximum absolute atomic E-state index is 12.9. The number of nitrogens with zero attached hydrogens (tertiary/aromatic N) is 3. The largest absolute Gasteiger partial charge is 0.496 e. The number of hydrogen-bond donors (Lipinski definition) is 2. The monoisotopic (exact) mass is 451 g/mol. The van der Waals surface area contributed by atoms with Crippen molar-refractivity contribution in [2.75, 3.05) is 25.5 Å². The highest BCUT2D eigenvalue weighted by Gasteiger charge is 2.31. The summed E-state index contributed by atoms with van der Waals surface area (Å²) >= 11 is 0. The zero-order valence-corrected chi connectivity index (χ0v) is 18.8. The number of aromatic nitrogens is 2. The van der Waals surface area contributed by atoms with Gasteiger partial charge in [0.1, 0.15) is 5.75 Å². The fourth-order valence-electron chi connectivity index (χ4n) is 4.53. The van der Waals surface area contributed by atoms with Crippen LogP contribution in [0.1, 0.15) is 59.4 Å². The molecule has 1 saturated heterocycles. The predicted molar refractivity (Wildman–Crippen MR) is 122 cm³/mol. The van der Waals surface area contributed by atoms with Gasteiger partial charge in [-0.2, -0.15) is 0 Å². The number of anilines is 1. The minimum Gasteiger partial charge on any atom is -0.496 e. The number of benzene rings is 1. The molecule has 2 aliphatic rings. The summed E-state index contributed by atoms with van der Waals surface area (Å²) in [6.07, 6.45) is 8.46. The van der Waals surface area contributed by atoms with Crippen molar-refractivity contribution in [3.8, 4) is 5.75 Å². The number of rotatable bonds is 6. The number of carbonyl (C=O) groups excluding carboxylic acids is 3. The molecule has 9 heteroatoms. The normalized spacial score (nSPS) is 16.9. The van der Waals surface area contributed by atoms with Crippen LogP contribution in [0.4, 0.5) is 5.82 Å². The van der Waals surface area contributed by atoms with E-state index in [4.69, 9.17) is 4.74 Å². The van der Waals surface area contributed by atoms with E-state index in [2.05, 4.69) is 20.6 Å². The van der Waals surface area contributed by atoms with E-state index in [0.717, 1.165) is 25.7 Å². The lowest BCUT2D eigenvalue weighted by atomic mass is 10.0. The van der Waals surface area contributed by atoms with Crippen LogP contribution in [-0.2, 0) is 4.79 Å². The zero-order chi connectivity index (χ0) is 23.2. The molecular formula is C24H29N5O4. The van der Waals surface area contributed by atoms with E-state index in [-0.39, 0.29) is 29.4 Å². The van der Waals surface area contributed by atoms with Gasteiger partial charge in [-0.15, -0.1) is 0 Å². The fourth-order valence-corrected chi connectivity index (χ4v) is 4.53. The third-order valence-electron chi connectivity index (χ3n) is 6.34. The van der Waals surface area contributed by atoms with Crippen molar-refractivity contribution in [2.24, 2.45) is 5.92 Å². The van der Waals surface area contributed by atoms with Crippen LogP contribution in [0.25, 0.3) is 0 Å². The molecular weight excluding hydrogens is 422 g/mol. The van der Waals surface area contributed by atoms with Crippen LogP contribution in [0.5, 0.6) is 5.75 Å². The Labute approximate surface area is 192 Å². The van der Waals surface area contributed by atoms with Crippen LogP contribution in [0.2, 0.25) is 0 Å². The molecule has 0 spiro atoms. The molecule has 33 heavy (non-hydrogen) atoms. The molecule has 2 heterocycles. The van der Waals surface area contributed by atoms with Gasteiger partial charge in [-0.25, -0.2) is 9.97 Å². The van der Waals surface area contributed by atoms with Crippen LogP contribution in [0, 0.1) is 5.92 Å². The van der Waals surface area contributed by atoms with Gasteiger partial charge in [-0.3, -0.25) is 14.4 Å². The molecule has 2 N–H and O–H groups in total. The van der Waals surface area contributed by atoms with Gasteiger partial charge in [0.05, 0.1) is 12.7 Å². The summed E-state index contributed by atoms with van der Waals surface area (Å²) in [6.45, 7) is 1.27. The van der Waals surface area contributed by atoms with Gasteiger partial charge in [-0.05, 0) is 37.8 Å². The quantitative estimate of drug-likeness (QED) is 0.698. The van der Waals surface area contributed by atoms with Gasteiger partial charge in [0.2, 0.25) is 5.91 Å². The third kappa shape index (κ3) is 5.30. The van der Waals surface area contributed by atoms with Crippen molar-refractivity contribution in [2.45, 2.75) is 44.6 Å². The standard InChI is InChI=1S/C24H29N5O4/c1-33-19-9-5-4-8-18(19)22(30)28-21-20(25-12-13-26-21)23(31)27-17-10-14-29(15-11-17)24(32)16-6-2-3-7-16/h4-5,8-9,12-13,16-17H,2-3,6-7,10-11,14-15H2,1H3,(H,27,31)(H,26,28,30). The average molecular weight is 452 g/mol. The predicted octanol–water partition coefficient (Wildman–Crippen LogP) is 2.65. The molecule has 1 aliphatic carbocycles. The van der Waals surface area contributed by atoms with E-state index in [0.29, 0.717) is 37.2 Å². The first-order valence-corrected chi connectivity index (χ1v) is 11.4. The third-order valence-corrected chi connectivity index (χ3v) is 6.34. The van der Waals surface area contributed by atoms with Gasteiger partial charge in [0, 0.05) is 37.4 Å². The molecule has 0 bridgehead atoms. The number of amides is 3. The summed E-state index contributed by atoms with van der Waals surface area (Å²) in [6, 6.07) is 6.74. The maximum atomic E-state index is 12.9. The highest BCUT2D eigenvalue weighted by Crippen LogP contribution is 2.28. The minimum absolute atomic E-state index is 0.0465. The topological polar surface area (TPSA) is 114 Å². The van der Waals surface area contributed by atoms with E-state index < -0.39 is 11.8 Å². The minimum atomic E-state index is -0.444. The van der Waals surface area contributed by atoms with Crippen molar-refractivity contribution >= 4 is 23.5 Å². The van der Waals surface area contributed by atoms with Crippen LogP contribution in [0.15, 0.2) is 36.7 Å². The van der Waals surface area contributed by atoms with Crippen molar-refractivity contribution in [1.29, 1.82) is 0 Å². The highest BCUT2D eigenvalue weighted by atomic mass is 16.5. The Hall–Kier alpha value is -3.49. The van der Waals surface area contributed by atoms with E-state index in [1.54, 1.807) is 24.3 Å². The summed E-state index contributed by atoms with van der Waals surface area (Å²) in [5.74, 6) is 0.0842. The lowest BCUT2D eigenvalue weighted by molar-refractivity contribution is -0.136. The Morgan fingerprint density at radius 2 is 1.67 bits per heavy atom. The number of nitrogens with one attached hydrogen (secondary N) is 2. The number of likely N-dealkylation sites (tertiary alicyclic amines) is 1. The molecule has 1 aromatic carbocycles. The summed E-state index contributed by atoms with van der Waals surface area (Å²) < 4.78 is 5.24. The average Bonchev–Trinajstić information content (AvgIpc) is 3.39. The molecule has 0 unspecified atom stereocenters. The number of hydrogen-bond acceptors (Lipinski definition) is 6. The van der Waals surface area contributed by atoms with Gasteiger partial charge in [-0.1, -0.05) is 25.0 Å². The van der Waals surface area contributed by atoms with E-state index >= 15 is 0 Å². The van der Waals surface area contributed by atoms with Crippen LogP contribution >= 0.6 is 0 Å². The Bertz CT molecular complexity index is 1010. The number of carbonyl (C=O) groups is 3. The lowest BCUT2D eigenvalue weighted by Gasteiger charge is -2.33. The number of para-hydroxylation sites is 1. The van der Waals surface area contributed by atoms with Gasteiger partial charge >= 0.3 is 0 Å². The van der Waals surface area contributed by atoms with Gasteiger partial charge in [0.15, 0.2) is 11.5 Å². The second-order valence-corrected chi connectivity index (χ2v) is 8.46. The molecule has 9 nitrogen and oxygen atoms in total. The van der Waals surface area contributed by atoms with Crippen molar-refractivity contribution in [1.82, 2.24) is 20.2 Å². The fraction of sp³-hybridized carbons (Fsp3) is 0.458. The summed E-state index contributed by atoms with van der Waals surface area (Å²) in [5.41, 5.74) is 0.376. The van der Waals surface area contributed by atoms with Gasteiger partial charge < -0.3 is 20.3 Å². The number of piperidine rings is 1. The van der Waals surface area contributed by atoms with Crippen LogP contribution in [-0.4, -0.2) is 58.8 Å². The van der Waals surface area contributed by atoms with E-state index in [9.17, 15) is 14.4 Å².